The topological polar surface area (TPSA) is 0 Å². The van der Waals surface area contributed by atoms with Gasteiger partial charge in [-0.2, -0.15) is 0 Å². The number of halogens is 11. The molecule has 5 rings (SSSR count). The number of benzene rings is 5. The van der Waals surface area contributed by atoms with Gasteiger partial charge >= 0.3 is 0 Å². The third-order valence-electron chi connectivity index (χ3n) is 8.39. The third-order valence-corrected chi connectivity index (χ3v) is 11.0. The Morgan fingerprint density at radius 2 is 0.771 bits per heavy atom. The molecule has 0 aliphatic heterocycles. The molecule has 0 bridgehead atoms. The fourth-order valence-electron chi connectivity index (χ4n) is 6.32. The van der Waals surface area contributed by atoms with Gasteiger partial charge in [-0.25, -0.2) is 48.3 Å². The molecule has 5 aromatic rings. The maximum atomic E-state index is 15.8. The Morgan fingerprint density at radius 1 is 0.417 bits per heavy atom. The molecule has 0 spiro atoms. The number of hydrogen-bond donors (Lipinski definition) is 0. The van der Waals surface area contributed by atoms with Crippen LogP contribution in [0.15, 0.2) is 78.9 Å². The van der Waals surface area contributed by atoms with Crippen molar-refractivity contribution >= 4 is 25.7 Å². The first-order valence-electron chi connectivity index (χ1n) is 14.5. The number of hydrogen-bond acceptors (Lipinski definition) is 0. The van der Waals surface area contributed by atoms with Gasteiger partial charge in [-0.05, 0) is 40.2 Å². The fraction of sp³-hybridized carbons (Fsp3) is 0.143. The van der Waals surface area contributed by atoms with Crippen LogP contribution >= 0.6 is 0 Å². The Morgan fingerprint density at radius 3 is 1.17 bits per heavy atom. The van der Waals surface area contributed by atoms with Crippen LogP contribution < -0.4 is 10.9 Å². The molecule has 0 amide bonds. The minimum absolute atomic E-state index is 0.00399. The van der Waals surface area contributed by atoms with Gasteiger partial charge in [-0.3, -0.25) is 0 Å². The largest absolute Gasteiger partial charge is 0.233 e. The van der Waals surface area contributed by atoms with E-state index >= 15 is 17.6 Å². The summed E-state index contributed by atoms with van der Waals surface area (Å²) in [6, 6.07) is 19.2. The van der Waals surface area contributed by atoms with Crippen LogP contribution in [0.4, 0.5) is 48.3 Å². The van der Waals surface area contributed by atoms with E-state index in [1.54, 1.807) is 50.0 Å². The predicted molar refractivity (Wildman–Crippen MR) is 165 cm³/mol. The second-order valence-corrected chi connectivity index (χ2v) is 17.7. The molecule has 0 heterocycles. The zero-order chi connectivity index (χ0) is 35.2. The molecule has 13 heteroatoms. The summed E-state index contributed by atoms with van der Waals surface area (Å²) in [5.74, 6) is -27.6. The summed E-state index contributed by atoms with van der Waals surface area (Å²) in [4.78, 5) is 0. The highest BCUT2D eigenvalue weighted by Gasteiger charge is 2.49. The second-order valence-electron chi connectivity index (χ2n) is 12.4. The van der Waals surface area contributed by atoms with Gasteiger partial charge < -0.3 is 0 Å². The van der Waals surface area contributed by atoms with Gasteiger partial charge in [0.2, 0.25) is 6.71 Å². The molecule has 0 radical (unpaired) electrons. The van der Waals surface area contributed by atoms with Crippen molar-refractivity contribution in [2.45, 2.75) is 31.0 Å². The zero-order valence-electron chi connectivity index (χ0n) is 25.4. The molecule has 5 aromatic carbocycles. The molecule has 0 nitrogen and oxygen atoms in total. The van der Waals surface area contributed by atoms with E-state index in [0.29, 0.717) is 11.1 Å². The molecule has 0 saturated carbocycles. The Labute approximate surface area is 270 Å². The first kappa shape index (κ1) is 34.9. The summed E-state index contributed by atoms with van der Waals surface area (Å²) in [5, 5.41) is 0. The lowest BCUT2D eigenvalue weighted by Crippen LogP contribution is -2.58. The molecule has 0 aromatic heterocycles. The quantitative estimate of drug-likeness (QED) is 0.0658. The van der Waals surface area contributed by atoms with Crippen molar-refractivity contribution < 1.29 is 48.3 Å². The number of rotatable bonds is 8. The molecule has 48 heavy (non-hydrogen) atoms. The first-order chi connectivity index (χ1) is 22.6. The van der Waals surface area contributed by atoms with E-state index < -0.39 is 101 Å². The van der Waals surface area contributed by atoms with Crippen molar-refractivity contribution in [3.63, 3.8) is 0 Å². The van der Waals surface area contributed by atoms with Gasteiger partial charge in [0.1, 0.15) is 5.82 Å². The Balaban J connectivity index is 1.96. The van der Waals surface area contributed by atoms with E-state index in [4.69, 9.17) is 0 Å². The summed E-state index contributed by atoms with van der Waals surface area (Å²) in [6.07, 6.45) is 0. The van der Waals surface area contributed by atoms with E-state index in [-0.39, 0.29) is 11.1 Å². The van der Waals surface area contributed by atoms with Crippen LogP contribution in [0, 0.1) is 64.0 Å². The lowest BCUT2D eigenvalue weighted by Gasteiger charge is -2.40. The van der Waals surface area contributed by atoms with Crippen LogP contribution in [0.2, 0.25) is 19.6 Å². The monoisotopic (exact) mass is 692 g/mol. The van der Waals surface area contributed by atoms with Crippen molar-refractivity contribution in [3.8, 4) is 11.1 Å². The van der Waals surface area contributed by atoms with E-state index in [9.17, 15) is 30.7 Å². The van der Waals surface area contributed by atoms with Crippen molar-refractivity contribution in [1.29, 1.82) is 0 Å². The molecule has 0 aliphatic carbocycles. The average Bonchev–Trinajstić information content (AvgIpc) is 3.07. The lowest BCUT2D eigenvalue weighted by molar-refractivity contribution is 0.381. The van der Waals surface area contributed by atoms with Crippen molar-refractivity contribution in [2.24, 2.45) is 0 Å². The smallest absolute Gasteiger partial charge is 0.207 e. The SMILES string of the molecule is C[Si](C)(C)C(c1ccc(F)cc1)C(B(c1c(F)c(F)c(F)c(F)c1F)c1c(F)c(F)c(F)c(F)c1F)c1ccc(-c2ccccc2)cc1. The Bertz CT molecular complexity index is 1850. The van der Waals surface area contributed by atoms with Crippen LogP contribution in [-0.2, 0) is 0 Å². The molecule has 0 aliphatic rings. The van der Waals surface area contributed by atoms with Gasteiger partial charge in [-0.1, -0.05) is 91.9 Å². The molecule has 0 N–H and O–H groups in total. The van der Waals surface area contributed by atoms with E-state index in [0.717, 1.165) is 12.1 Å². The normalized spacial score (nSPS) is 13.0. The van der Waals surface area contributed by atoms with Crippen molar-refractivity contribution in [1.82, 2.24) is 0 Å². The van der Waals surface area contributed by atoms with E-state index in [1.807, 2.05) is 0 Å². The maximum Gasteiger partial charge on any atom is 0.233 e. The molecule has 2 unspecified atom stereocenters. The average molecular weight is 692 g/mol. The van der Waals surface area contributed by atoms with Crippen LogP contribution in [0.3, 0.4) is 0 Å². The summed E-state index contributed by atoms with van der Waals surface area (Å²) in [5.41, 5.74) is -3.18. The van der Waals surface area contributed by atoms with Gasteiger partial charge in [0.25, 0.3) is 0 Å². The highest BCUT2D eigenvalue weighted by Crippen LogP contribution is 2.43. The van der Waals surface area contributed by atoms with Crippen LogP contribution in [0.5, 0.6) is 0 Å². The molecule has 2 atom stereocenters. The second kappa shape index (κ2) is 13.3. The Kier molecular flexibility index (Phi) is 9.65. The molecule has 248 valence electrons. The third kappa shape index (κ3) is 6.15. The molecular formula is C35H24BF11Si. The minimum Gasteiger partial charge on any atom is -0.207 e. The van der Waals surface area contributed by atoms with Crippen LogP contribution in [0.25, 0.3) is 11.1 Å². The lowest BCUT2D eigenvalue weighted by atomic mass is 9.31. The van der Waals surface area contributed by atoms with Gasteiger partial charge in [-0.15, -0.1) is 0 Å². The summed E-state index contributed by atoms with van der Waals surface area (Å²) in [7, 11) is -2.98. The Hall–Kier alpha value is -4.39. The highest BCUT2D eigenvalue weighted by atomic mass is 28.3. The molecule has 0 saturated heterocycles. The van der Waals surface area contributed by atoms with E-state index in [1.165, 1.54) is 36.4 Å². The maximum absolute atomic E-state index is 15.8. The highest BCUT2D eigenvalue weighted by molar-refractivity contribution is 6.89. The van der Waals surface area contributed by atoms with Crippen LogP contribution in [0.1, 0.15) is 22.5 Å². The molecule has 0 fully saturated rings. The van der Waals surface area contributed by atoms with Gasteiger partial charge in [0.15, 0.2) is 58.2 Å². The van der Waals surface area contributed by atoms with Crippen LogP contribution in [-0.4, -0.2) is 14.8 Å². The summed E-state index contributed by atoms with van der Waals surface area (Å²) in [6.45, 7) is 2.44. The standard InChI is InChI=1S/C35H24BF11Si/c1-48(2,3)35(20-13-15-21(37)16-14-20)22(19-11-9-18(10-12-19)17-7-5-4-6-8-17)36(23-25(38)29(42)33(46)30(43)26(23)39)24-27(40)31(44)34(47)32(45)28(24)41/h4-16,22,35H,1-3H3. The predicted octanol–water partition coefficient (Wildman–Crippen LogP) is 9.48. The van der Waals surface area contributed by atoms with Crippen molar-refractivity contribution in [2.75, 3.05) is 0 Å². The summed E-state index contributed by atoms with van der Waals surface area (Å²) < 4.78 is 165. The summed E-state index contributed by atoms with van der Waals surface area (Å²) >= 11 is 0. The van der Waals surface area contributed by atoms with Crippen molar-refractivity contribution in [3.05, 3.63) is 154 Å². The van der Waals surface area contributed by atoms with Gasteiger partial charge in [0, 0.05) is 10.9 Å². The van der Waals surface area contributed by atoms with E-state index in [2.05, 4.69) is 0 Å². The fourth-order valence-corrected chi connectivity index (χ4v) is 8.97. The zero-order valence-corrected chi connectivity index (χ0v) is 26.4. The first-order valence-corrected chi connectivity index (χ1v) is 18.1. The minimum atomic E-state index is -2.98. The van der Waals surface area contributed by atoms with Gasteiger partial charge in [0.05, 0.1) is 8.07 Å². The molecular weight excluding hydrogens is 668 g/mol.